The van der Waals surface area contributed by atoms with Crippen molar-refractivity contribution in [2.45, 2.75) is 32.0 Å². The van der Waals surface area contributed by atoms with Gasteiger partial charge < -0.3 is 19.7 Å². The van der Waals surface area contributed by atoms with Crippen molar-refractivity contribution in [3.63, 3.8) is 0 Å². The van der Waals surface area contributed by atoms with Gasteiger partial charge >= 0.3 is 0 Å². The zero-order valence-electron chi connectivity index (χ0n) is 11.8. The molecule has 116 valence electrons. The molecular weight excluding hydrogens is 292 g/mol. The van der Waals surface area contributed by atoms with Crippen LogP contribution in [0.3, 0.4) is 0 Å². The molecule has 21 heavy (non-hydrogen) atoms. The standard InChI is InChI=1S/C15H20O5S/c1-2-21(18)13-8-14(20-12(9-16)15(13)17)19-10-11-6-4-3-5-7-11/h3-8,12,14-17H,2,9-10H2,1H3/t12-,14+,15-,21?/m1/s1. The zero-order valence-corrected chi connectivity index (χ0v) is 12.7. The van der Waals surface area contributed by atoms with Crippen LogP contribution < -0.4 is 0 Å². The number of aliphatic hydroxyl groups is 2. The first-order valence-corrected chi connectivity index (χ1v) is 8.17. The molecule has 0 radical (unpaired) electrons. The van der Waals surface area contributed by atoms with E-state index in [4.69, 9.17) is 9.47 Å². The minimum Gasteiger partial charge on any atom is -0.394 e. The van der Waals surface area contributed by atoms with E-state index >= 15 is 0 Å². The molecule has 1 aromatic carbocycles. The van der Waals surface area contributed by atoms with Crippen LogP contribution in [0.1, 0.15) is 12.5 Å². The van der Waals surface area contributed by atoms with Gasteiger partial charge in [0, 0.05) is 10.7 Å². The molecule has 1 unspecified atom stereocenters. The number of rotatable bonds is 6. The first-order valence-electron chi connectivity index (χ1n) is 6.85. The Bertz CT molecular complexity index is 502. The maximum atomic E-state index is 11.9. The van der Waals surface area contributed by atoms with E-state index in [9.17, 15) is 14.4 Å². The second-order valence-electron chi connectivity index (χ2n) is 4.67. The van der Waals surface area contributed by atoms with Gasteiger partial charge in [-0.3, -0.25) is 4.21 Å². The van der Waals surface area contributed by atoms with E-state index in [-0.39, 0.29) is 6.61 Å². The lowest BCUT2D eigenvalue weighted by Gasteiger charge is -2.31. The van der Waals surface area contributed by atoms with E-state index in [2.05, 4.69) is 0 Å². The van der Waals surface area contributed by atoms with E-state index in [1.807, 2.05) is 30.3 Å². The summed E-state index contributed by atoms with van der Waals surface area (Å²) in [6, 6.07) is 9.59. The van der Waals surface area contributed by atoms with E-state index < -0.39 is 29.3 Å². The predicted molar refractivity (Wildman–Crippen MR) is 79.8 cm³/mol. The van der Waals surface area contributed by atoms with Crippen LogP contribution in [-0.4, -0.2) is 45.3 Å². The molecule has 4 atom stereocenters. The average Bonchev–Trinajstić information content (AvgIpc) is 2.54. The zero-order chi connectivity index (χ0) is 15.2. The molecule has 0 amide bonds. The molecule has 0 saturated carbocycles. The molecular formula is C15H20O5S. The molecule has 1 aromatic rings. The molecule has 0 fully saturated rings. The van der Waals surface area contributed by atoms with E-state index in [0.29, 0.717) is 17.3 Å². The van der Waals surface area contributed by atoms with Gasteiger partial charge in [0.15, 0.2) is 6.29 Å². The highest BCUT2D eigenvalue weighted by Gasteiger charge is 2.33. The summed E-state index contributed by atoms with van der Waals surface area (Å²) in [5.74, 6) is 0.395. The molecule has 6 heteroatoms. The quantitative estimate of drug-likeness (QED) is 0.817. The maximum Gasteiger partial charge on any atom is 0.179 e. The number of hydrogen-bond donors (Lipinski definition) is 2. The SMILES string of the molecule is CCS(=O)C1=C[C@@H](OCc2ccccc2)O[C@H](CO)[C@H]1O. The molecule has 2 rings (SSSR count). The summed E-state index contributed by atoms with van der Waals surface area (Å²) < 4.78 is 23.0. The predicted octanol–water partition coefficient (Wildman–Crippen LogP) is 0.934. The molecule has 0 bridgehead atoms. The summed E-state index contributed by atoms with van der Waals surface area (Å²) in [5.41, 5.74) is 0.985. The maximum absolute atomic E-state index is 11.9. The van der Waals surface area contributed by atoms with Crippen LogP contribution >= 0.6 is 0 Å². The Balaban J connectivity index is 2.07. The number of aliphatic hydroxyl groups excluding tert-OH is 2. The smallest absolute Gasteiger partial charge is 0.179 e. The fourth-order valence-corrected chi connectivity index (χ4v) is 3.08. The Morgan fingerprint density at radius 2 is 2.05 bits per heavy atom. The fraction of sp³-hybridized carbons (Fsp3) is 0.467. The second-order valence-corrected chi connectivity index (χ2v) is 6.41. The summed E-state index contributed by atoms with van der Waals surface area (Å²) in [5, 5.41) is 19.3. The van der Waals surface area contributed by atoms with Crippen molar-refractivity contribution in [1.82, 2.24) is 0 Å². The highest BCUT2D eigenvalue weighted by atomic mass is 32.2. The van der Waals surface area contributed by atoms with Crippen molar-refractivity contribution in [3.8, 4) is 0 Å². The molecule has 0 aliphatic carbocycles. The minimum atomic E-state index is -1.29. The van der Waals surface area contributed by atoms with Crippen molar-refractivity contribution < 1.29 is 23.9 Å². The number of hydrogen-bond acceptors (Lipinski definition) is 5. The molecule has 0 spiro atoms. The first kappa shape index (κ1) is 16.3. The van der Waals surface area contributed by atoms with Crippen LogP contribution in [-0.2, 0) is 26.9 Å². The summed E-state index contributed by atoms with van der Waals surface area (Å²) in [4.78, 5) is 0.362. The van der Waals surface area contributed by atoms with Gasteiger partial charge in [-0.25, -0.2) is 0 Å². The third-order valence-electron chi connectivity index (χ3n) is 3.22. The Labute approximate surface area is 126 Å². The van der Waals surface area contributed by atoms with Gasteiger partial charge in [-0.15, -0.1) is 0 Å². The van der Waals surface area contributed by atoms with Crippen molar-refractivity contribution >= 4 is 10.8 Å². The lowest BCUT2D eigenvalue weighted by molar-refractivity contribution is -0.185. The van der Waals surface area contributed by atoms with Crippen molar-refractivity contribution in [3.05, 3.63) is 46.9 Å². The van der Waals surface area contributed by atoms with E-state index in [1.165, 1.54) is 0 Å². The lowest BCUT2D eigenvalue weighted by Crippen LogP contribution is -2.42. The highest BCUT2D eigenvalue weighted by Crippen LogP contribution is 2.24. The van der Waals surface area contributed by atoms with Gasteiger partial charge in [-0.2, -0.15) is 0 Å². The molecule has 1 aliphatic rings. The Hall–Kier alpha value is -1.05. The van der Waals surface area contributed by atoms with Crippen molar-refractivity contribution in [1.29, 1.82) is 0 Å². The van der Waals surface area contributed by atoms with E-state index in [1.54, 1.807) is 13.0 Å². The van der Waals surface area contributed by atoms with Crippen LogP contribution in [0.5, 0.6) is 0 Å². The Kier molecular flexibility index (Phi) is 6.08. The van der Waals surface area contributed by atoms with Gasteiger partial charge in [0.25, 0.3) is 0 Å². The van der Waals surface area contributed by atoms with Crippen LogP contribution in [0.4, 0.5) is 0 Å². The van der Waals surface area contributed by atoms with Crippen molar-refractivity contribution in [2.75, 3.05) is 12.4 Å². The van der Waals surface area contributed by atoms with Crippen LogP contribution in [0.25, 0.3) is 0 Å². The minimum absolute atomic E-state index is 0.336. The first-order chi connectivity index (χ1) is 10.2. The second kappa shape index (κ2) is 7.82. The third kappa shape index (κ3) is 4.21. The van der Waals surface area contributed by atoms with Gasteiger partial charge in [-0.05, 0) is 11.6 Å². The van der Waals surface area contributed by atoms with Gasteiger partial charge in [0.1, 0.15) is 12.2 Å². The topological polar surface area (TPSA) is 76.0 Å². The Morgan fingerprint density at radius 1 is 1.33 bits per heavy atom. The third-order valence-corrected chi connectivity index (χ3v) is 4.64. The van der Waals surface area contributed by atoms with Crippen LogP contribution in [0, 0.1) is 0 Å². The summed E-state index contributed by atoms with van der Waals surface area (Å²) in [7, 11) is -1.29. The normalized spacial score (nSPS) is 27.2. The Morgan fingerprint density at radius 3 is 2.67 bits per heavy atom. The fourth-order valence-electron chi connectivity index (χ4n) is 2.06. The molecule has 1 heterocycles. The molecule has 5 nitrogen and oxygen atoms in total. The number of ether oxygens (including phenoxy) is 2. The summed E-state index contributed by atoms with van der Waals surface area (Å²) >= 11 is 0. The van der Waals surface area contributed by atoms with Crippen molar-refractivity contribution in [2.24, 2.45) is 0 Å². The lowest BCUT2D eigenvalue weighted by atomic mass is 10.1. The van der Waals surface area contributed by atoms with Gasteiger partial charge in [-0.1, -0.05) is 37.3 Å². The van der Waals surface area contributed by atoms with Gasteiger partial charge in [0.2, 0.25) is 0 Å². The highest BCUT2D eigenvalue weighted by molar-refractivity contribution is 7.89. The monoisotopic (exact) mass is 312 g/mol. The van der Waals surface area contributed by atoms with Gasteiger partial charge in [0.05, 0.1) is 24.0 Å². The van der Waals surface area contributed by atoms with Crippen LogP contribution in [0.15, 0.2) is 41.3 Å². The molecule has 2 N–H and O–H groups in total. The number of benzene rings is 1. The molecule has 0 saturated heterocycles. The summed E-state index contributed by atoms with van der Waals surface area (Å²) in [6.07, 6.45) is -1.07. The van der Waals surface area contributed by atoms with Crippen LogP contribution in [0.2, 0.25) is 0 Å². The molecule has 1 aliphatic heterocycles. The summed E-state index contributed by atoms with van der Waals surface area (Å²) in [6.45, 7) is 1.75. The largest absolute Gasteiger partial charge is 0.394 e. The van der Waals surface area contributed by atoms with E-state index in [0.717, 1.165) is 5.56 Å². The average molecular weight is 312 g/mol. The molecule has 0 aromatic heterocycles.